The number of rotatable bonds is 4. The highest BCUT2D eigenvalue weighted by molar-refractivity contribution is 5.82. The highest BCUT2D eigenvalue weighted by atomic mass is 16.2. The zero-order valence-electron chi connectivity index (χ0n) is 10.3. The molecule has 3 nitrogen and oxygen atoms in total. The van der Waals surface area contributed by atoms with Crippen molar-refractivity contribution in [2.75, 3.05) is 6.54 Å². The smallest absolute Gasteiger partial charge is 0.237 e. The Kier molecular flexibility index (Phi) is 4.22. The molecule has 3 atom stereocenters. The van der Waals surface area contributed by atoms with Crippen molar-refractivity contribution in [3.8, 4) is 0 Å². The first-order valence-corrected chi connectivity index (χ1v) is 6.85. The van der Waals surface area contributed by atoms with Crippen LogP contribution in [0.3, 0.4) is 0 Å². The summed E-state index contributed by atoms with van der Waals surface area (Å²) in [6.45, 7) is 2.98. The van der Waals surface area contributed by atoms with Crippen LogP contribution in [-0.2, 0) is 4.79 Å². The van der Waals surface area contributed by atoms with E-state index in [0.717, 1.165) is 31.7 Å². The molecule has 1 aliphatic heterocycles. The van der Waals surface area contributed by atoms with Crippen LogP contribution in [0.4, 0.5) is 0 Å². The molecule has 0 radical (unpaired) electrons. The topological polar surface area (TPSA) is 41.1 Å². The van der Waals surface area contributed by atoms with E-state index in [1.807, 2.05) is 0 Å². The van der Waals surface area contributed by atoms with Gasteiger partial charge in [0.25, 0.3) is 0 Å². The number of nitrogens with one attached hydrogen (secondary N) is 2. The first kappa shape index (κ1) is 11.9. The second-order valence-electron chi connectivity index (χ2n) is 5.25. The fraction of sp³-hybridized carbons (Fsp3) is 0.923. The van der Waals surface area contributed by atoms with Crippen LogP contribution in [0.2, 0.25) is 0 Å². The molecule has 92 valence electrons. The maximum Gasteiger partial charge on any atom is 0.237 e. The summed E-state index contributed by atoms with van der Waals surface area (Å²) in [7, 11) is 0. The van der Waals surface area contributed by atoms with Gasteiger partial charge in [-0.05, 0) is 31.6 Å². The molecule has 1 amide bonds. The molecule has 2 unspecified atom stereocenters. The lowest BCUT2D eigenvalue weighted by Gasteiger charge is -2.24. The van der Waals surface area contributed by atoms with Gasteiger partial charge in [-0.25, -0.2) is 0 Å². The van der Waals surface area contributed by atoms with Crippen molar-refractivity contribution < 1.29 is 4.79 Å². The average Bonchev–Trinajstić information content (AvgIpc) is 2.73. The lowest BCUT2D eigenvalue weighted by molar-refractivity contribution is -0.122. The van der Waals surface area contributed by atoms with Crippen molar-refractivity contribution in [1.29, 1.82) is 0 Å². The minimum Gasteiger partial charge on any atom is -0.355 e. The second-order valence-corrected chi connectivity index (χ2v) is 5.25. The van der Waals surface area contributed by atoms with Crippen molar-refractivity contribution in [2.24, 2.45) is 5.92 Å². The van der Waals surface area contributed by atoms with E-state index in [9.17, 15) is 4.79 Å². The monoisotopic (exact) mass is 224 g/mol. The van der Waals surface area contributed by atoms with Crippen molar-refractivity contribution in [1.82, 2.24) is 10.6 Å². The first-order chi connectivity index (χ1) is 7.81. The summed E-state index contributed by atoms with van der Waals surface area (Å²) >= 11 is 0. The Morgan fingerprint density at radius 1 is 1.38 bits per heavy atom. The van der Waals surface area contributed by atoms with Gasteiger partial charge in [0.15, 0.2) is 0 Å². The molecule has 2 rings (SSSR count). The van der Waals surface area contributed by atoms with Gasteiger partial charge >= 0.3 is 0 Å². The highest BCUT2D eigenvalue weighted by Crippen LogP contribution is 2.33. The molecule has 1 saturated heterocycles. The van der Waals surface area contributed by atoms with Gasteiger partial charge in [-0.3, -0.25) is 4.79 Å². The van der Waals surface area contributed by atoms with E-state index < -0.39 is 0 Å². The number of fused-ring (bicyclic) bond motifs is 1. The van der Waals surface area contributed by atoms with E-state index >= 15 is 0 Å². The number of amides is 1. The summed E-state index contributed by atoms with van der Waals surface area (Å²) in [5, 5.41) is 6.54. The molecular formula is C13H24N2O. The largest absolute Gasteiger partial charge is 0.355 e. The predicted molar refractivity (Wildman–Crippen MR) is 65.2 cm³/mol. The maximum atomic E-state index is 11.9. The zero-order chi connectivity index (χ0) is 11.4. The average molecular weight is 224 g/mol. The minimum atomic E-state index is 0.0879. The van der Waals surface area contributed by atoms with E-state index in [1.165, 1.54) is 25.7 Å². The van der Waals surface area contributed by atoms with E-state index in [-0.39, 0.29) is 11.9 Å². The van der Waals surface area contributed by atoms with Crippen molar-refractivity contribution >= 4 is 5.91 Å². The third-order valence-corrected chi connectivity index (χ3v) is 4.01. The summed E-state index contributed by atoms with van der Waals surface area (Å²) in [5.74, 6) is 0.985. The first-order valence-electron chi connectivity index (χ1n) is 6.85. The third kappa shape index (κ3) is 2.76. The Morgan fingerprint density at radius 3 is 2.94 bits per heavy atom. The standard InChI is InChI=1S/C13H24N2O/c1-2-3-8-14-13(16)12-9-10-6-4-5-7-11(10)15-12/h10-12,15H,2-9H2,1H3,(H,14,16)/t10?,11-,12?/m0/s1. The van der Waals surface area contributed by atoms with Crippen LogP contribution >= 0.6 is 0 Å². The Morgan fingerprint density at radius 2 is 2.19 bits per heavy atom. The molecule has 2 aliphatic rings. The van der Waals surface area contributed by atoms with Crippen molar-refractivity contribution in [2.45, 2.75) is 64.0 Å². The molecule has 1 heterocycles. The molecular weight excluding hydrogens is 200 g/mol. The van der Waals surface area contributed by atoms with Gasteiger partial charge in [-0.1, -0.05) is 26.2 Å². The van der Waals surface area contributed by atoms with Gasteiger partial charge in [0, 0.05) is 12.6 Å². The number of hydrogen-bond donors (Lipinski definition) is 2. The molecule has 0 bridgehead atoms. The fourth-order valence-electron chi connectivity index (χ4n) is 3.03. The van der Waals surface area contributed by atoms with Gasteiger partial charge in [-0.15, -0.1) is 0 Å². The minimum absolute atomic E-state index is 0.0879. The molecule has 2 N–H and O–H groups in total. The van der Waals surface area contributed by atoms with Crippen molar-refractivity contribution in [3.63, 3.8) is 0 Å². The van der Waals surface area contributed by atoms with Gasteiger partial charge < -0.3 is 10.6 Å². The molecule has 0 aromatic heterocycles. The fourth-order valence-corrected chi connectivity index (χ4v) is 3.03. The molecule has 3 heteroatoms. The van der Waals surface area contributed by atoms with Crippen LogP contribution in [0, 0.1) is 5.92 Å². The molecule has 16 heavy (non-hydrogen) atoms. The van der Waals surface area contributed by atoms with Crippen LogP contribution in [0.15, 0.2) is 0 Å². The summed E-state index contributed by atoms with van der Waals surface area (Å²) in [6.07, 6.45) is 8.56. The number of carbonyl (C=O) groups excluding carboxylic acids is 1. The lowest BCUT2D eigenvalue weighted by atomic mass is 9.85. The number of hydrogen-bond acceptors (Lipinski definition) is 2. The molecule has 0 aromatic rings. The Hall–Kier alpha value is -0.570. The van der Waals surface area contributed by atoms with Crippen LogP contribution in [0.1, 0.15) is 51.9 Å². The Labute approximate surface area is 98.4 Å². The molecule has 2 fully saturated rings. The summed E-state index contributed by atoms with van der Waals surface area (Å²) in [4.78, 5) is 11.9. The van der Waals surface area contributed by atoms with E-state index in [1.54, 1.807) is 0 Å². The molecule has 0 spiro atoms. The van der Waals surface area contributed by atoms with Crippen LogP contribution in [-0.4, -0.2) is 24.5 Å². The zero-order valence-corrected chi connectivity index (χ0v) is 10.3. The van der Waals surface area contributed by atoms with Crippen LogP contribution in [0.5, 0.6) is 0 Å². The molecule has 0 aromatic carbocycles. The maximum absolute atomic E-state index is 11.9. The van der Waals surface area contributed by atoms with Crippen LogP contribution < -0.4 is 10.6 Å². The van der Waals surface area contributed by atoms with Gasteiger partial charge in [0.2, 0.25) is 5.91 Å². The highest BCUT2D eigenvalue weighted by Gasteiger charge is 2.37. The number of unbranched alkanes of at least 4 members (excludes halogenated alkanes) is 1. The lowest BCUT2D eigenvalue weighted by Crippen LogP contribution is -2.43. The van der Waals surface area contributed by atoms with Gasteiger partial charge in [0.05, 0.1) is 6.04 Å². The molecule has 1 aliphatic carbocycles. The summed E-state index contributed by atoms with van der Waals surface area (Å²) < 4.78 is 0. The van der Waals surface area contributed by atoms with E-state index in [4.69, 9.17) is 0 Å². The van der Waals surface area contributed by atoms with E-state index in [2.05, 4.69) is 17.6 Å². The van der Waals surface area contributed by atoms with E-state index in [0.29, 0.717) is 6.04 Å². The summed E-state index contributed by atoms with van der Waals surface area (Å²) in [5.41, 5.74) is 0. The number of carbonyl (C=O) groups is 1. The quantitative estimate of drug-likeness (QED) is 0.715. The normalized spacial score (nSPS) is 33.4. The second kappa shape index (κ2) is 5.67. The Bertz CT molecular complexity index is 228. The Balaban J connectivity index is 1.76. The predicted octanol–water partition coefficient (Wildman–Crippen LogP) is 1.82. The summed E-state index contributed by atoms with van der Waals surface area (Å²) in [6, 6.07) is 0.709. The SMILES string of the molecule is CCCCNC(=O)C1CC2CCCC[C@@H]2N1. The van der Waals surface area contributed by atoms with Gasteiger partial charge in [-0.2, -0.15) is 0 Å². The van der Waals surface area contributed by atoms with Crippen molar-refractivity contribution in [3.05, 3.63) is 0 Å². The third-order valence-electron chi connectivity index (χ3n) is 4.01. The molecule has 1 saturated carbocycles. The van der Waals surface area contributed by atoms with Gasteiger partial charge in [0.1, 0.15) is 0 Å². The van der Waals surface area contributed by atoms with Crippen LogP contribution in [0.25, 0.3) is 0 Å².